The molecular formula is C16H22N4O3S2. The lowest BCUT2D eigenvalue weighted by Gasteiger charge is -2.16. The number of sulfonamides is 1. The van der Waals surface area contributed by atoms with Crippen LogP contribution >= 0.6 is 11.3 Å². The minimum atomic E-state index is -3.88. The van der Waals surface area contributed by atoms with Crippen LogP contribution in [0.2, 0.25) is 0 Å². The van der Waals surface area contributed by atoms with E-state index in [0.717, 1.165) is 19.3 Å². The number of thiophene rings is 1. The summed E-state index contributed by atoms with van der Waals surface area (Å²) in [5.41, 5.74) is 4.43. The van der Waals surface area contributed by atoms with E-state index in [1.165, 1.54) is 26.5 Å². The number of nitrogens with one attached hydrogen (secondary N) is 2. The number of hydrazine groups is 1. The second-order valence-electron chi connectivity index (χ2n) is 6.59. The Kier molecular flexibility index (Phi) is 4.74. The highest BCUT2D eigenvalue weighted by Gasteiger charge is 2.25. The van der Waals surface area contributed by atoms with E-state index < -0.39 is 15.9 Å². The molecule has 0 bridgehead atoms. The number of carbonyl (C=O) groups is 1. The molecule has 3 rings (SSSR count). The van der Waals surface area contributed by atoms with Gasteiger partial charge in [0.2, 0.25) is 0 Å². The standard InChI is InChI=1S/C16H22N4O3S2/c1-9-5-6-13-12(7-9)8-14(24-13)16(21)17-19-25(22,23)15-10(2)18-20(4)11(15)3/h8-9,19H,5-7H2,1-4H3,(H,17,21)/t9-/m1/s1. The third kappa shape index (κ3) is 3.49. The number of carbonyl (C=O) groups excluding carboxylic acids is 1. The van der Waals surface area contributed by atoms with Crippen molar-refractivity contribution < 1.29 is 13.2 Å². The molecule has 1 amide bonds. The number of aryl methyl sites for hydroxylation is 3. The molecule has 0 aromatic carbocycles. The smallest absolute Gasteiger partial charge is 0.273 e. The predicted molar refractivity (Wildman–Crippen MR) is 96.0 cm³/mol. The quantitative estimate of drug-likeness (QED) is 0.789. The molecule has 2 heterocycles. The second-order valence-corrected chi connectivity index (χ2v) is 9.35. The van der Waals surface area contributed by atoms with E-state index in [1.54, 1.807) is 20.9 Å². The van der Waals surface area contributed by atoms with E-state index >= 15 is 0 Å². The van der Waals surface area contributed by atoms with Crippen molar-refractivity contribution >= 4 is 27.3 Å². The van der Waals surface area contributed by atoms with E-state index in [2.05, 4.69) is 22.3 Å². The topological polar surface area (TPSA) is 93.1 Å². The first kappa shape index (κ1) is 18.1. The highest BCUT2D eigenvalue weighted by molar-refractivity contribution is 7.89. The Balaban J connectivity index is 1.74. The molecule has 0 aliphatic heterocycles. The molecule has 2 N–H and O–H groups in total. The maximum absolute atomic E-state index is 12.5. The number of rotatable bonds is 4. The van der Waals surface area contributed by atoms with Crippen LogP contribution < -0.4 is 10.3 Å². The van der Waals surface area contributed by atoms with Crippen LogP contribution in [0.25, 0.3) is 0 Å². The number of amides is 1. The highest BCUT2D eigenvalue weighted by atomic mass is 32.2. The van der Waals surface area contributed by atoms with Crippen molar-refractivity contribution in [1.82, 2.24) is 20.0 Å². The van der Waals surface area contributed by atoms with Gasteiger partial charge in [-0.3, -0.25) is 14.9 Å². The van der Waals surface area contributed by atoms with Crippen LogP contribution in [0.15, 0.2) is 11.0 Å². The lowest BCUT2D eigenvalue weighted by atomic mass is 9.90. The third-order valence-corrected chi connectivity index (χ3v) is 7.30. The van der Waals surface area contributed by atoms with Crippen LogP contribution in [0.5, 0.6) is 0 Å². The number of hydrogen-bond donors (Lipinski definition) is 2. The summed E-state index contributed by atoms with van der Waals surface area (Å²) in [6, 6.07) is 1.87. The third-order valence-electron chi connectivity index (χ3n) is 4.56. The first-order valence-corrected chi connectivity index (χ1v) is 10.4. The molecule has 0 radical (unpaired) electrons. The van der Waals surface area contributed by atoms with Crippen molar-refractivity contribution in [2.24, 2.45) is 13.0 Å². The van der Waals surface area contributed by atoms with Crippen LogP contribution in [0.4, 0.5) is 0 Å². The summed E-state index contributed by atoms with van der Waals surface area (Å²) in [6.07, 6.45) is 3.08. The summed E-state index contributed by atoms with van der Waals surface area (Å²) < 4.78 is 26.5. The molecule has 0 saturated heterocycles. The summed E-state index contributed by atoms with van der Waals surface area (Å²) in [7, 11) is -2.20. The van der Waals surface area contributed by atoms with Gasteiger partial charge in [0.15, 0.2) is 0 Å². The molecule has 2 aromatic rings. The van der Waals surface area contributed by atoms with Gasteiger partial charge in [0.25, 0.3) is 15.9 Å². The van der Waals surface area contributed by atoms with Crippen LogP contribution in [-0.2, 0) is 29.9 Å². The van der Waals surface area contributed by atoms with Crippen molar-refractivity contribution in [2.45, 2.75) is 44.9 Å². The molecule has 7 nitrogen and oxygen atoms in total. The van der Waals surface area contributed by atoms with Gasteiger partial charge in [-0.25, -0.2) is 8.42 Å². The summed E-state index contributed by atoms with van der Waals surface area (Å²) in [5.74, 6) is 0.183. The fourth-order valence-electron chi connectivity index (χ4n) is 3.19. The summed E-state index contributed by atoms with van der Waals surface area (Å²) in [6.45, 7) is 5.50. The van der Waals surface area contributed by atoms with Crippen molar-refractivity contribution in [3.63, 3.8) is 0 Å². The van der Waals surface area contributed by atoms with Gasteiger partial charge in [-0.05, 0) is 50.7 Å². The average Bonchev–Trinajstić information content (AvgIpc) is 3.05. The van der Waals surface area contributed by atoms with Crippen LogP contribution in [0.1, 0.15) is 44.8 Å². The second kappa shape index (κ2) is 6.54. The first-order valence-electron chi connectivity index (χ1n) is 8.13. The monoisotopic (exact) mass is 382 g/mol. The maximum Gasteiger partial charge on any atom is 0.276 e. The van der Waals surface area contributed by atoms with Crippen LogP contribution in [0.3, 0.4) is 0 Å². The molecule has 1 aliphatic rings. The number of nitrogens with zero attached hydrogens (tertiary/aromatic N) is 2. The Labute approximate surface area is 151 Å². The largest absolute Gasteiger partial charge is 0.276 e. The fraction of sp³-hybridized carbons (Fsp3) is 0.500. The summed E-state index contributed by atoms with van der Waals surface area (Å²) in [5, 5.41) is 4.10. The Morgan fingerprint density at radius 1 is 1.40 bits per heavy atom. The molecular weight excluding hydrogens is 360 g/mol. The Morgan fingerprint density at radius 2 is 2.12 bits per heavy atom. The van der Waals surface area contributed by atoms with Gasteiger partial charge in [0, 0.05) is 11.9 Å². The van der Waals surface area contributed by atoms with Gasteiger partial charge in [-0.2, -0.15) is 5.10 Å². The molecule has 1 atom stereocenters. The lowest BCUT2D eigenvalue weighted by Crippen LogP contribution is -2.41. The zero-order valence-electron chi connectivity index (χ0n) is 14.7. The predicted octanol–water partition coefficient (Wildman–Crippen LogP) is 1.85. The molecule has 0 fully saturated rings. The van der Waals surface area contributed by atoms with Gasteiger partial charge in [-0.15, -0.1) is 16.2 Å². The van der Waals surface area contributed by atoms with Gasteiger partial charge in [0.1, 0.15) is 4.90 Å². The van der Waals surface area contributed by atoms with E-state index in [4.69, 9.17) is 0 Å². The number of hydrogen-bond acceptors (Lipinski definition) is 5. The molecule has 0 saturated carbocycles. The SMILES string of the molecule is Cc1nn(C)c(C)c1S(=O)(=O)NNC(=O)c1cc2c(s1)CC[C@@H](C)C2. The van der Waals surface area contributed by atoms with Crippen LogP contribution in [0, 0.1) is 19.8 Å². The molecule has 25 heavy (non-hydrogen) atoms. The minimum absolute atomic E-state index is 0.0922. The molecule has 136 valence electrons. The van der Waals surface area contributed by atoms with Crippen LogP contribution in [-0.4, -0.2) is 24.1 Å². The van der Waals surface area contributed by atoms with E-state index in [1.807, 2.05) is 6.07 Å². The number of fused-ring (bicyclic) bond motifs is 1. The van der Waals surface area contributed by atoms with Gasteiger partial charge in [0.05, 0.1) is 16.3 Å². The Morgan fingerprint density at radius 3 is 2.76 bits per heavy atom. The van der Waals surface area contributed by atoms with Crippen molar-refractivity contribution in [2.75, 3.05) is 0 Å². The van der Waals surface area contributed by atoms with E-state index in [9.17, 15) is 13.2 Å². The van der Waals surface area contributed by atoms with Crippen molar-refractivity contribution in [1.29, 1.82) is 0 Å². The van der Waals surface area contributed by atoms with E-state index in [-0.39, 0.29) is 4.90 Å². The van der Waals surface area contributed by atoms with Gasteiger partial charge < -0.3 is 0 Å². The van der Waals surface area contributed by atoms with Crippen molar-refractivity contribution in [3.05, 3.63) is 32.8 Å². The first-order chi connectivity index (χ1) is 11.7. The minimum Gasteiger partial charge on any atom is -0.273 e. The number of aromatic nitrogens is 2. The average molecular weight is 383 g/mol. The fourth-order valence-corrected chi connectivity index (χ4v) is 5.57. The zero-order chi connectivity index (χ0) is 18.4. The molecule has 0 unspecified atom stereocenters. The summed E-state index contributed by atoms with van der Waals surface area (Å²) in [4.78, 5) is 16.4. The zero-order valence-corrected chi connectivity index (χ0v) is 16.3. The molecule has 0 spiro atoms. The highest BCUT2D eigenvalue weighted by Crippen LogP contribution is 2.32. The van der Waals surface area contributed by atoms with Gasteiger partial charge in [-0.1, -0.05) is 6.92 Å². The Hall–Kier alpha value is -1.71. The lowest BCUT2D eigenvalue weighted by molar-refractivity contribution is 0.0949. The normalized spacial score (nSPS) is 17.4. The Bertz CT molecular complexity index is 928. The molecule has 9 heteroatoms. The molecule has 2 aromatic heterocycles. The van der Waals surface area contributed by atoms with E-state index in [0.29, 0.717) is 22.2 Å². The summed E-state index contributed by atoms with van der Waals surface area (Å²) >= 11 is 1.44. The molecule has 1 aliphatic carbocycles. The van der Waals surface area contributed by atoms with Crippen molar-refractivity contribution in [3.8, 4) is 0 Å². The van der Waals surface area contributed by atoms with Gasteiger partial charge >= 0.3 is 0 Å². The maximum atomic E-state index is 12.5.